The molecule has 5 rings (SSSR count). The summed E-state index contributed by atoms with van der Waals surface area (Å²) in [5.74, 6) is 0.423. The van der Waals surface area contributed by atoms with Crippen molar-refractivity contribution in [1.82, 2.24) is 14.6 Å². The minimum absolute atomic E-state index is 0.0980. The maximum absolute atomic E-state index is 13.7. The van der Waals surface area contributed by atoms with E-state index in [1.54, 1.807) is 66.9 Å². The van der Waals surface area contributed by atoms with Crippen molar-refractivity contribution in [2.45, 2.75) is 43.3 Å². The minimum atomic E-state index is -3.86. The fourth-order valence-corrected chi connectivity index (χ4v) is 6.16. The summed E-state index contributed by atoms with van der Waals surface area (Å²) in [5.41, 5.74) is 2.48. The van der Waals surface area contributed by atoms with Crippen LogP contribution in [-0.2, 0) is 28.7 Å². The van der Waals surface area contributed by atoms with Gasteiger partial charge in [0, 0.05) is 23.3 Å². The van der Waals surface area contributed by atoms with Gasteiger partial charge in [0.15, 0.2) is 0 Å². The molecule has 3 aromatic carbocycles. The van der Waals surface area contributed by atoms with Crippen LogP contribution in [0.1, 0.15) is 46.9 Å². The van der Waals surface area contributed by atoms with Gasteiger partial charge in [-0.3, -0.25) is 9.78 Å². The van der Waals surface area contributed by atoms with Crippen LogP contribution in [0.2, 0.25) is 5.02 Å². The quantitative estimate of drug-likeness (QED) is 0.239. The van der Waals surface area contributed by atoms with Crippen LogP contribution in [0.4, 0.5) is 0 Å². The second-order valence-corrected chi connectivity index (χ2v) is 12.1. The van der Waals surface area contributed by atoms with Crippen molar-refractivity contribution in [1.29, 1.82) is 0 Å². The van der Waals surface area contributed by atoms with E-state index in [0.717, 1.165) is 24.0 Å². The third kappa shape index (κ3) is 6.36. The van der Waals surface area contributed by atoms with Gasteiger partial charge in [0.1, 0.15) is 5.75 Å². The van der Waals surface area contributed by atoms with Crippen molar-refractivity contribution in [2.24, 2.45) is 0 Å². The van der Waals surface area contributed by atoms with E-state index in [-0.39, 0.29) is 23.9 Å². The Labute approximate surface area is 239 Å². The number of carbonyl (C=O) groups excluding carboxylic acids is 1. The highest BCUT2D eigenvalue weighted by molar-refractivity contribution is 7.89. The summed E-state index contributed by atoms with van der Waals surface area (Å²) in [5, 5.41) is 3.79. The van der Waals surface area contributed by atoms with Crippen LogP contribution in [0.3, 0.4) is 0 Å². The molecule has 7 nitrogen and oxygen atoms in total. The number of hydrogen-bond donors (Lipinski definition) is 1. The number of rotatable bonds is 11. The van der Waals surface area contributed by atoms with E-state index in [0.29, 0.717) is 28.6 Å². The SMILES string of the molecule is CCOc1ccc(S(=O)(=O)N(Cc2ccc(C(=O)NC3(c4cccc(Cl)c4)CC3)cc2)Cc2ccccn2)cc1. The summed E-state index contributed by atoms with van der Waals surface area (Å²) >= 11 is 6.16. The van der Waals surface area contributed by atoms with E-state index in [2.05, 4.69) is 10.3 Å². The van der Waals surface area contributed by atoms with Gasteiger partial charge in [-0.15, -0.1) is 0 Å². The lowest BCUT2D eigenvalue weighted by molar-refractivity contribution is 0.0930. The maximum Gasteiger partial charge on any atom is 0.251 e. The second kappa shape index (κ2) is 11.8. The first-order valence-corrected chi connectivity index (χ1v) is 14.9. The molecule has 4 aromatic rings. The summed E-state index contributed by atoms with van der Waals surface area (Å²) in [6.45, 7) is 2.58. The van der Waals surface area contributed by atoms with Crippen LogP contribution in [-0.4, -0.2) is 30.2 Å². The summed E-state index contributed by atoms with van der Waals surface area (Å²) in [6, 6.07) is 26.4. The molecule has 1 amide bonds. The highest BCUT2D eigenvalue weighted by Gasteiger charge is 2.45. The number of sulfonamides is 1. The van der Waals surface area contributed by atoms with Crippen molar-refractivity contribution in [3.63, 3.8) is 0 Å². The molecular weight excluding hydrogens is 546 g/mol. The number of carbonyl (C=O) groups is 1. The summed E-state index contributed by atoms with van der Waals surface area (Å²) in [7, 11) is -3.86. The van der Waals surface area contributed by atoms with E-state index >= 15 is 0 Å². The minimum Gasteiger partial charge on any atom is -0.494 e. The van der Waals surface area contributed by atoms with E-state index in [4.69, 9.17) is 16.3 Å². The largest absolute Gasteiger partial charge is 0.494 e. The fourth-order valence-electron chi connectivity index (χ4n) is 4.57. The van der Waals surface area contributed by atoms with Crippen molar-refractivity contribution in [3.05, 3.63) is 125 Å². The lowest BCUT2D eigenvalue weighted by atomic mass is 10.0. The lowest BCUT2D eigenvalue weighted by Crippen LogP contribution is -2.34. The number of aromatic nitrogens is 1. The number of benzene rings is 3. The van der Waals surface area contributed by atoms with Gasteiger partial charge in [-0.2, -0.15) is 4.31 Å². The molecule has 1 N–H and O–H groups in total. The predicted octanol–water partition coefficient (Wildman–Crippen LogP) is 5.94. The van der Waals surface area contributed by atoms with E-state index < -0.39 is 15.6 Å². The molecule has 1 aromatic heterocycles. The number of halogens is 1. The number of ether oxygens (including phenoxy) is 1. The molecule has 206 valence electrons. The predicted molar refractivity (Wildman–Crippen MR) is 155 cm³/mol. The molecule has 0 saturated heterocycles. The molecule has 0 atom stereocenters. The van der Waals surface area contributed by atoms with Crippen LogP contribution in [0.15, 0.2) is 102 Å². The Morgan fingerprint density at radius 3 is 2.35 bits per heavy atom. The summed E-state index contributed by atoms with van der Waals surface area (Å²) in [6.07, 6.45) is 3.34. The zero-order chi connectivity index (χ0) is 28.2. The van der Waals surface area contributed by atoms with Gasteiger partial charge in [0.25, 0.3) is 5.91 Å². The Balaban J connectivity index is 1.34. The molecule has 0 radical (unpaired) electrons. The van der Waals surface area contributed by atoms with Crippen LogP contribution >= 0.6 is 11.6 Å². The zero-order valence-corrected chi connectivity index (χ0v) is 23.7. The maximum atomic E-state index is 13.7. The standard InChI is InChI=1S/C31H30ClN3O4S/c1-2-39-28-13-15-29(16-14-28)40(37,38)35(22-27-8-3-4-19-33-27)21-23-9-11-24(12-10-23)30(36)34-31(17-18-31)25-6-5-7-26(32)20-25/h3-16,19-20H,2,17-18,21-22H2,1H3,(H,34,36). The third-order valence-electron chi connectivity index (χ3n) is 6.89. The molecule has 40 heavy (non-hydrogen) atoms. The molecule has 0 bridgehead atoms. The van der Waals surface area contributed by atoms with Crippen LogP contribution < -0.4 is 10.1 Å². The van der Waals surface area contributed by atoms with Crippen LogP contribution in [0, 0.1) is 0 Å². The van der Waals surface area contributed by atoms with Gasteiger partial charge in [-0.25, -0.2) is 8.42 Å². The van der Waals surface area contributed by atoms with Crippen LogP contribution in [0.5, 0.6) is 5.75 Å². The lowest BCUT2D eigenvalue weighted by Gasteiger charge is -2.22. The number of nitrogens with zero attached hydrogens (tertiary/aromatic N) is 2. The van der Waals surface area contributed by atoms with E-state index in [9.17, 15) is 13.2 Å². The Hall–Kier alpha value is -3.72. The zero-order valence-electron chi connectivity index (χ0n) is 22.1. The molecule has 1 fully saturated rings. The summed E-state index contributed by atoms with van der Waals surface area (Å²) < 4.78 is 34.2. The smallest absolute Gasteiger partial charge is 0.251 e. The monoisotopic (exact) mass is 575 g/mol. The Morgan fingerprint density at radius 1 is 0.975 bits per heavy atom. The molecule has 1 aliphatic rings. The number of amides is 1. The first-order valence-electron chi connectivity index (χ1n) is 13.1. The van der Waals surface area contributed by atoms with Gasteiger partial charge in [-0.05, 0) is 91.6 Å². The van der Waals surface area contributed by atoms with Crippen LogP contribution in [0.25, 0.3) is 0 Å². The van der Waals surface area contributed by atoms with Crippen molar-refractivity contribution >= 4 is 27.5 Å². The Bertz CT molecular complexity index is 1570. The molecule has 1 saturated carbocycles. The number of nitrogens with one attached hydrogen (secondary N) is 1. The Morgan fingerprint density at radius 2 is 1.73 bits per heavy atom. The average Bonchev–Trinajstić information content (AvgIpc) is 3.75. The molecule has 1 aliphatic carbocycles. The molecule has 0 aliphatic heterocycles. The molecule has 1 heterocycles. The van der Waals surface area contributed by atoms with Gasteiger partial charge in [0.2, 0.25) is 10.0 Å². The first-order chi connectivity index (χ1) is 19.3. The fraction of sp³-hybridized carbons (Fsp3) is 0.226. The molecular formula is C31H30ClN3O4S. The summed E-state index contributed by atoms with van der Waals surface area (Å²) in [4.78, 5) is 17.6. The third-order valence-corrected chi connectivity index (χ3v) is 8.93. The second-order valence-electron chi connectivity index (χ2n) is 9.74. The molecule has 9 heteroatoms. The normalized spacial score (nSPS) is 14.1. The van der Waals surface area contributed by atoms with E-state index in [1.165, 1.54) is 4.31 Å². The highest BCUT2D eigenvalue weighted by atomic mass is 35.5. The molecule has 0 unspecified atom stereocenters. The average molecular weight is 576 g/mol. The highest BCUT2D eigenvalue weighted by Crippen LogP contribution is 2.46. The van der Waals surface area contributed by atoms with Gasteiger partial charge in [-0.1, -0.05) is 41.9 Å². The van der Waals surface area contributed by atoms with Gasteiger partial charge < -0.3 is 10.1 Å². The molecule has 0 spiro atoms. The first kappa shape index (κ1) is 27.8. The van der Waals surface area contributed by atoms with E-state index in [1.807, 2.05) is 37.3 Å². The van der Waals surface area contributed by atoms with Crippen molar-refractivity contribution in [2.75, 3.05) is 6.61 Å². The van der Waals surface area contributed by atoms with Crippen molar-refractivity contribution in [3.8, 4) is 5.75 Å². The Kier molecular flexibility index (Phi) is 8.21. The number of hydrogen-bond acceptors (Lipinski definition) is 5. The van der Waals surface area contributed by atoms with Gasteiger partial charge in [0.05, 0.1) is 29.3 Å². The van der Waals surface area contributed by atoms with Crippen molar-refractivity contribution < 1.29 is 17.9 Å². The number of pyridine rings is 1. The topological polar surface area (TPSA) is 88.6 Å². The van der Waals surface area contributed by atoms with Gasteiger partial charge >= 0.3 is 0 Å².